The molecule has 3 saturated heterocycles. The molecule has 4 heterocycles. The first-order valence-electron chi connectivity index (χ1n) is 15.0. The van der Waals surface area contributed by atoms with Crippen molar-refractivity contribution < 1.29 is 37.9 Å². The van der Waals surface area contributed by atoms with E-state index in [2.05, 4.69) is 0 Å². The average Bonchev–Trinajstić information content (AvgIpc) is 3.60. The van der Waals surface area contributed by atoms with E-state index in [1.54, 1.807) is 27.8 Å². The first-order chi connectivity index (χ1) is 19.9. The van der Waals surface area contributed by atoms with Crippen molar-refractivity contribution >= 4 is 43.5 Å². The standard InChI is InChI=1S/C30H42FN3O7Si/c1-19-28(42(3,4)31)24(17-26(37)32-14-7-8-21(32)18-35)41-30(19)22-16-20(33-15-12-25(33)36)10-11-23(22)34(29(30)39)13-6-5-9-27(38)40-2/h10-11,16,19,21,24,28,35H,5-9,12-15,17-18H2,1-4H3/t19-,21+,24+,28-,30+/m1/s1. The van der Waals surface area contributed by atoms with Gasteiger partial charge in [-0.1, -0.05) is 6.92 Å². The topological polar surface area (TPSA) is 117 Å². The molecular weight excluding hydrogens is 561 g/mol. The van der Waals surface area contributed by atoms with Crippen molar-refractivity contribution in [3.8, 4) is 0 Å². The van der Waals surface area contributed by atoms with Gasteiger partial charge in [-0.05, 0) is 57.0 Å². The Labute approximate surface area is 247 Å². The number of rotatable bonds is 10. The van der Waals surface area contributed by atoms with Gasteiger partial charge in [0.25, 0.3) is 5.91 Å². The maximum Gasteiger partial charge on any atom is 0.305 e. The fourth-order valence-corrected chi connectivity index (χ4v) is 9.99. The van der Waals surface area contributed by atoms with Crippen LogP contribution in [0.4, 0.5) is 15.5 Å². The maximum atomic E-state index is 16.2. The number of carbonyl (C=O) groups excluding carboxylic acids is 4. The van der Waals surface area contributed by atoms with Crippen LogP contribution in [0, 0.1) is 5.92 Å². The number of hydrogen-bond donors (Lipinski definition) is 1. The lowest BCUT2D eigenvalue weighted by molar-refractivity contribution is -0.150. The summed E-state index contributed by atoms with van der Waals surface area (Å²) < 4.78 is 27.6. The van der Waals surface area contributed by atoms with E-state index < -0.39 is 31.6 Å². The minimum absolute atomic E-state index is 0.00363. The number of likely N-dealkylation sites (tertiary alicyclic amines) is 1. The number of aliphatic hydroxyl groups excluding tert-OH is 1. The molecule has 4 aliphatic rings. The summed E-state index contributed by atoms with van der Waals surface area (Å²) in [5.74, 6) is -1.39. The van der Waals surface area contributed by atoms with Crippen molar-refractivity contribution in [1.29, 1.82) is 0 Å². The Bertz CT molecular complexity index is 1260. The molecule has 42 heavy (non-hydrogen) atoms. The largest absolute Gasteiger partial charge is 0.469 e. The molecule has 0 unspecified atom stereocenters. The first-order valence-corrected chi connectivity index (χ1v) is 18.0. The Morgan fingerprint density at radius 2 is 1.98 bits per heavy atom. The molecule has 1 aromatic carbocycles. The Morgan fingerprint density at radius 3 is 2.60 bits per heavy atom. The van der Waals surface area contributed by atoms with Crippen molar-refractivity contribution in [2.75, 3.05) is 43.2 Å². The molecule has 3 fully saturated rings. The minimum Gasteiger partial charge on any atom is -0.469 e. The molecule has 230 valence electrons. The molecule has 1 spiro atoms. The Hall–Kier alpha value is -2.83. The monoisotopic (exact) mass is 603 g/mol. The minimum atomic E-state index is -3.47. The van der Waals surface area contributed by atoms with Crippen molar-refractivity contribution in [3.05, 3.63) is 23.8 Å². The van der Waals surface area contributed by atoms with Crippen LogP contribution >= 0.6 is 0 Å². The van der Waals surface area contributed by atoms with Crippen LogP contribution in [0.3, 0.4) is 0 Å². The van der Waals surface area contributed by atoms with Gasteiger partial charge in [-0.2, -0.15) is 0 Å². The molecule has 3 amide bonds. The second-order valence-electron chi connectivity index (χ2n) is 12.5. The van der Waals surface area contributed by atoms with Crippen molar-refractivity contribution in [3.63, 3.8) is 0 Å². The Balaban J connectivity index is 1.50. The highest BCUT2D eigenvalue weighted by Crippen LogP contribution is 2.60. The number of nitrogens with zero attached hydrogens (tertiary/aromatic N) is 3. The number of esters is 1. The van der Waals surface area contributed by atoms with Crippen molar-refractivity contribution in [1.82, 2.24) is 4.90 Å². The smallest absolute Gasteiger partial charge is 0.305 e. The van der Waals surface area contributed by atoms with Crippen LogP contribution in [0.15, 0.2) is 18.2 Å². The van der Waals surface area contributed by atoms with E-state index >= 15 is 4.11 Å². The van der Waals surface area contributed by atoms with Crippen LogP contribution in [-0.4, -0.2) is 87.6 Å². The lowest BCUT2D eigenvalue weighted by atomic mass is 9.82. The van der Waals surface area contributed by atoms with Crippen LogP contribution in [0.25, 0.3) is 0 Å². The lowest BCUT2D eigenvalue weighted by Gasteiger charge is -2.33. The van der Waals surface area contributed by atoms with Crippen LogP contribution < -0.4 is 9.80 Å². The van der Waals surface area contributed by atoms with E-state index in [-0.39, 0.29) is 49.2 Å². The highest BCUT2D eigenvalue weighted by molar-refractivity contribution is 6.72. The number of anilines is 2. The third kappa shape index (κ3) is 5.15. The highest BCUT2D eigenvalue weighted by Gasteiger charge is 2.67. The molecule has 0 aromatic heterocycles. The zero-order chi connectivity index (χ0) is 30.4. The number of benzene rings is 1. The molecule has 10 nitrogen and oxygen atoms in total. The highest BCUT2D eigenvalue weighted by atomic mass is 28.4. The zero-order valence-corrected chi connectivity index (χ0v) is 25.9. The average molecular weight is 604 g/mol. The van der Waals surface area contributed by atoms with Gasteiger partial charge in [0.05, 0.1) is 38.0 Å². The van der Waals surface area contributed by atoms with Crippen molar-refractivity contribution in [2.24, 2.45) is 5.92 Å². The van der Waals surface area contributed by atoms with E-state index in [1.165, 1.54) is 7.11 Å². The molecule has 0 aliphatic carbocycles. The number of ether oxygens (including phenoxy) is 2. The van der Waals surface area contributed by atoms with E-state index in [9.17, 15) is 24.3 Å². The summed E-state index contributed by atoms with van der Waals surface area (Å²) in [6, 6.07) is 5.20. The van der Waals surface area contributed by atoms with Gasteiger partial charge < -0.3 is 33.4 Å². The molecule has 0 radical (unpaired) electrons. The number of β-lactam (4-membered cyclic amide) rings is 1. The van der Waals surface area contributed by atoms with E-state index in [0.717, 1.165) is 12.8 Å². The zero-order valence-electron chi connectivity index (χ0n) is 24.9. The summed E-state index contributed by atoms with van der Waals surface area (Å²) in [5.41, 5.74) is -0.240. The number of fused-ring (bicyclic) bond motifs is 2. The fraction of sp³-hybridized carbons (Fsp3) is 0.667. The first kappa shape index (κ1) is 30.6. The predicted molar refractivity (Wildman–Crippen MR) is 156 cm³/mol. The normalized spacial score (nSPS) is 29.0. The van der Waals surface area contributed by atoms with E-state index in [0.29, 0.717) is 55.8 Å². The van der Waals surface area contributed by atoms with Gasteiger partial charge in [-0.3, -0.25) is 19.2 Å². The SMILES string of the molecule is COC(=O)CCCCN1C(=O)[C@@]2(O[C@@H](CC(=O)N3CCC[C@H]3CO)[C@H]([Si](C)(C)F)[C@H]2C)c2cc(N3CCC3=O)ccc21. The summed E-state index contributed by atoms with van der Waals surface area (Å²) in [6.45, 7) is 6.37. The van der Waals surface area contributed by atoms with Crippen LogP contribution in [0.5, 0.6) is 0 Å². The lowest BCUT2D eigenvalue weighted by Crippen LogP contribution is -2.46. The number of halogens is 1. The van der Waals surface area contributed by atoms with Gasteiger partial charge in [0.2, 0.25) is 20.2 Å². The second-order valence-corrected chi connectivity index (χ2v) is 16.3. The number of aliphatic hydroxyl groups is 1. The van der Waals surface area contributed by atoms with Gasteiger partial charge in [0.1, 0.15) is 0 Å². The maximum absolute atomic E-state index is 16.2. The van der Waals surface area contributed by atoms with Crippen LogP contribution in [0.2, 0.25) is 18.6 Å². The summed E-state index contributed by atoms with van der Waals surface area (Å²) in [7, 11) is -2.13. The molecular formula is C30H42FN3O7Si. The van der Waals surface area contributed by atoms with Crippen LogP contribution in [-0.2, 0) is 34.3 Å². The van der Waals surface area contributed by atoms with Crippen molar-refractivity contribution in [2.45, 2.75) is 88.3 Å². The van der Waals surface area contributed by atoms with Gasteiger partial charge in [0, 0.05) is 55.2 Å². The molecule has 1 N–H and O–H groups in total. The molecule has 1 aromatic rings. The molecule has 4 aliphatic heterocycles. The fourth-order valence-electron chi connectivity index (χ4n) is 7.50. The third-order valence-corrected chi connectivity index (χ3v) is 12.1. The van der Waals surface area contributed by atoms with Gasteiger partial charge in [0.15, 0.2) is 5.60 Å². The number of unbranched alkanes of at least 4 members (excludes halogenated alkanes) is 1. The predicted octanol–water partition coefficient (Wildman–Crippen LogP) is 3.26. The number of carbonyl (C=O) groups is 4. The van der Waals surface area contributed by atoms with E-state index in [4.69, 9.17) is 9.47 Å². The van der Waals surface area contributed by atoms with Gasteiger partial charge in [-0.15, -0.1) is 0 Å². The summed E-state index contributed by atoms with van der Waals surface area (Å²) >= 11 is 0. The molecule has 12 heteroatoms. The molecule has 0 bridgehead atoms. The summed E-state index contributed by atoms with van der Waals surface area (Å²) in [5, 5.41) is 9.78. The second kappa shape index (κ2) is 11.7. The molecule has 5 rings (SSSR count). The van der Waals surface area contributed by atoms with Gasteiger partial charge in [-0.25, -0.2) is 0 Å². The van der Waals surface area contributed by atoms with E-state index in [1.807, 2.05) is 25.1 Å². The Kier molecular flexibility index (Phi) is 8.52. The molecule has 5 atom stereocenters. The number of methoxy groups -OCH3 is 1. The quantitative estimate of drug-likeness (QED) is 0.143. The number of hydrogen-bond acceptors (Lipinski definition) is 7. The van der Waals surface area contributed by atoms with Crippen LogP contribution in [0.1, 0.15) is 57.4 Å². The third-order valence-electron chi connectivity index (χ3n) is 9.63. The summed E-state index contributed by atoms with van der Waals surface area (Å²) in [4.78, 5) is 56.8. The molecule has 0 saturated carbocycles. The number of amides is 3. The Morgan fingerprint density at radius 1 is 1.21 bits per heavy atom. The van der Waals surface area contributed by atoms with Gasteiger partial charge >= 0.3 is 5.97 Å². The summed E-state index contributed by atoms with van der Waals surface area (Å²) in [6.07, 6.45) is 2.40.